The molecule has 3 unspecified atom stereocenters. The Kier molecular flexibility index (Phi) is 5.37. The van der Waals surface area contributed by atoms with Gasteiger partial charge in [0.05, 0.1) is 6.42 Å². The van der Waals surface area contributed by atoms with Gasteiger partial charge >= 0.3 is 5.97 Å². The van der Waals surface area contributed by atoms with E-state index in [-0.39, 0.29) is 12.3 Å². The monoisotopic (exact) mass is 221 g/mol. The molecule has 0 fully saturated rings. The summed E-state index contributed by atoms with van der Waals surface area (Å²) in [6.07, 6.45) is -0.187. The molecule has 5 nitrogen and oxygen atoms in total. The summed E-state index contributed by atoms with van der Waals surface area (Å²) in [6.45, 7) is 3.08. The van der Waals surface area contributed by atoms with Gasteiger partial charge in [0.2, 0.25) is 5.91 Å². The molecule has 0 saturated carbocycles. The molecule has 0 aromatic heterocycles. The second-order valence-corrected chi connectivity index (χ2v) is 5.16. The summed E-state index contributed by atoms with van der Waals surface area (Å²) in [4.78, 5) is 21.4. The van der Waals surface area contributed by atoms with Gasteiger partial charge in [-0.25, -0.2) is 0 Å². The topological polar surface area (TPSA) is 83.5 Å². The van der Waals surface area contributed by atoms with Crippen LogP contribution in [0.3, 0.4) is 0 Å². The fourth-order valence-electron chi connectivity index (χ4n) is 0.985. The molecule has 0 bridgehead atoms. The number of hydrogen-bond acceptors (Lipinski definition) is 3. The van der Waals surface area contributed by atoms with E-state index in [9.17, 15) is 13.8 Å². The highest BCUT2D eigenvalue weighted by Gasteiger charge is 2.24. The van der Waals surface area contributed by atoms with E-state index < -0.39 is 27.3 Å². The van der Waals surface area contributed by atoms with Gasteiger partial charge in [0.25, 0.3) is 0 Å². The van der Waals surface area contributed by atoms with Gasteiger partial charge in [-0.2, -0.15) is 0 Å². The Morgan fingerprint density at radius 3 is 2.29 bits per heavy atom. The zero-order valence-corrected chi connectivity index (χ0v) is 9.26. The number of carbonyl (C=O) groups excluding carboxylic acids is 1. The van der Waals surface area contributed by atoms with Crippen molar-refractivity contribution in [1.82, 2.24) is 5.32 Å². The summed E-state index contributed by atoms with van der Waals surface area (Å²) in [5.41, 5.74) is 0. The van der Waals surface area contributed by atoms with Crippen LogP contribution in [0.5, 0.6) is 0 Å². The first-order valence-electron chi connectivity index (χ1n) is 4.23. The minimum Gasteiger partial charge on any atom is -0.481 e. The Hall–Kier alpha value is -0.910. The molecule has 0 saturated heterocycles. The number of nitrogens with one attached hydrogen (secondary N) is 1. The van der Waals surface area contributed by atoms with E-state index in [0.717, 1.165) is 0 Å². The van der Waals surface area contributed by atoms with Crippen LogP contribution in [0.1, 0.15) is 20.3 Å². The van der Waals surface area contributed by atoms with E-state index in [0.29, 0.717) is 0 Å². The second-order valence-electron chi connectivity index (χ2n) is 2.99. The lowest BCUT2D eigenvalue weighted by molar-refractivity contribution is -0.137. The average molecular weight is 221 g/mol. The van der Waals surface area contributed by atoms with Gasteiger partial charge in [0.1, 0.15) is 5.25 Å². The molecule has 3 atom stereocenters. The van der Waals surface area contributed by atoms with Crippen molar-refractivity contribution in [2.24, 2.45) is 0 Å². The van der Waals surface area contributed by atoms with E-state index in [2.05, 4.69) is 5.32 Å². The van der Waals surface area contributed by atoms with Crippen molar-refractivity contribution in [3.05, 3.63) is 0 Å². The molecule has 2 N–H and O–H groups in total. The van der Waals surface area contributed by atoms with Crippen molar-refractivity contribution in [2.75, 3.05) is 7.05 Å². The summed E-state index contributed by atoms with van der Waals surface area (Å²) in [5.74, 6) is -1.34. The third-order valence-corrected chi connectivity index (χ3v) is 3.69. The van der Waals surface area contributed by atoms with Crippen LogP contribution in [-0.2, 0) is 20.4 Å². The normalized spacial score (nSPS) is 16.8. The third-order valence-electron chi connectivity index (χ3n) is 1.82. The maximum absolute atomic E-state index is 11.6. The number of carboxylic acid groups (broad SMARTS) is 1. The largest absolute Gasteiger partial charge is 0.481 e. The van der Waals surface area contributed by atoms with Crippen molar-refractivity contribution in [3.63, 3.8) is 0 Å². The molecule has 0 heterocycles. The van der Waals surface area contributed by atoms with Gasteiger partial charge in [-0.05, 0) is 6.92 Å². The predicted molar refractivity (Wildman–Crippen MR) is 53.4 cm³/mol. The van der Waals surface area contributed by atoms with Gasteiger partial charge in [0.15, 0.2) is 0 Å². The molecule has 0 aromatic rings. The van der Waals surface area contributed by atoms with E-state index >= 15 is 0 Å². The maximum atomic E-state index is 11.6. The number of carbonyl (C=O) groups is 2. The highest BCUT2D eigenvalue weighted by Crippen LogP contribution is 2.07. The zero-order valence-electron chi connectivity index (χ0n) is 8.44. The van der Waals surface area contributed by atoms with Crippen molar-refractivity contribution < 1.29 is 18.9 Å². The lowest BCUT2D eigenvalue weighted by Crippen LogP contribution is -2.36. The fraction of sp³-hybridized carbons (Fsp3) is 0.750. The Balaban J connectivity index is 4.31. The Bertz CT molecular complexity index is 254. The maximum Gasteiger partial charge on any atom is 0.304 e. The van der Waals surface area contributed by atoms with Crippen LogP contribution in [0, 0.1) is 0 Å². The minimum atomic E-state index is -1.45. The van der Waals surface area contributed by atoms with Gasteiger partial charge in [-0.3, -0.25) is 13.8 Å². The van der Waals surface area contributed by atoms with Gasteiger partial charge in [-0.15, -0.1) is 0 Å². The fourth-order valence-corrected chi connectivity index (χ4v) is 2.32. The second kappa shape index (κ2) is 5.74. The Morgan fingerprint density at radius 2 is 1.93 bits per heavy atom. The molecule has 0 aliphatic carbocycles. The third kappa shape index (κ3) is 3.87. The predicted octanol–water partition coefficient (Wildman–Crippen LogP) is -0.267. The smallest absolute Gasteiger partial charge is 0.304 e. The van der Waals surface area contributed by atoms with E-state index in [1.54, 1.807) is 6.92 Å². The van der Waals surface area contributed by atoms with Crippen molar-refractivity contribution in [1.29, 1.82) is 0 Å². The highest BCUT2D eigenvalue weighted by molar-refractivity contribution is 7.87. The van der Waals surface area contributed by atoms with Crippen LogP contribution < -0.4 is 5.32 Å². The summed E-state index contributed by atoms with van der Waals surface area (Å²) >= 11 is 0. The van der Waals surface area contributed by atoms with Gasteiger partial charge in [-0.1, -0.05) is 6.92 Å². The zero-order chi connectivity index (χ0) is 11.3. The van der Waals surface area contributed by atoms with E-state index in [4.69, 9.17) is 5.11 Å². The molecule has 0 rings (SSSR count). The molecular weight excluding hydrogens is 206 g/mol. The number of aliphatic carboxylic acids is 1. The first-order valence-corrected chi connectivity index (χ1v) is 5.50. The summed E-state index contributed by atoms with van der Waals surface area (Å²) in [7, 11) is 0.00330. The Morgan fingerprint density at radius 1 is 1.43 bits per heavy atom. The SMILES string of the molecule is CNC(=O)C(C)S(=O)C(C)CC(=O)O. The van der Waals surface area contributed by atoms with E-state index in [1.807, 2.05) is 0 Å². The lowest BCUT2D eigenvalue weighted by atomic mass is 10.3. The molecular formula is C8H15NO4S. The van der Waals surface area contributed by atoms with Crippen LogP contribution in [0.25, 0.3) is 0 Å². The molecule has 82 valence electrons. The molecule has 14 heavy (non-hydrogen) atoms. The number of amides is 1. The van der Waals surface area contributed by atoms with Crippen LogP contribution in [0.2, 0.25) is 0 Å². The molecule has 0 spiro atoms. The van der Waals surface area contributed by atoms with Crippen LogP contribution in [-0.4, -0.2) is 38.7 Å². The van der Waals surface area contributed by atoms with Crippen molar-refractivity contribution >= 4 is 22.7 Å². The standard InChI is InChI=1S/C8H15NO4S/c1-5(4-7(10)11)14(13)6(2)8(12)9-3/h5-6H,4H2,1-3H3,(H,9,12)(H,10,11). The quantitative estimate of drug-likeness (QED) is 0.669. The average Bonchev–Trinajstić information content (AvgIpc) is 2.13. The van der Waals surface area contributed by atoms with Gasteiger partial charge < -0.3 is 10.4 Å². The van der Waals surface area contributed by atoms with Crippen molar-refractivity contribution in [3.8, 4) is 0 Å². The van der Waals surface area contributed by atoms with E-state index in [1.165, 1.54) is 14.0 Å². The number of hydrogen-bond donors (Lipinski definition) is 2. The number of carboxylic acids is 1. The molecule has 1 amide bonds. The molecule has 0 aliphatic rings. The van der Waals surface area contributed by atoms with Crippen LogP contribution >= 0.6 is 0 Å². The van der Waals surface area contributed by atoms with Crippen LogP contribution in [0.4, 0.5) is 0 Å². The lowest BCUT2D eigenvalue weighted by Gasteiger charge is -2.14. The summed E-state index contributed by atoms with van der Waals surface area (Å²) in [6, 6.07) is 0. The molecule has 0 aromatic carbocycles. The molecule has 6 heteroatoms. The van der Waals surface area contributed by atoms with Crippen LogP contribution in [0.15, 0.2) is 0 Å². The first kappa shape index (κ1) is 13.1. The number of rotatable bonds is 5. The first-order chi connectivity index (χ1) is 6.40. The summed E-state index contributed by atoms with van der Waals surface area (Å²) < 4.78 is 11.6. The minimum absolute atomic E-state index is 0.187. The van der Waals surface area contributed by atoms with Crippen molar-refractivity contribution in [2.45, 2.75) is 30.8 Å². The molecule has 0 aliphatic heterocycles. The van der Waals surface area contributed by atoms with Gasteiger partial charge in [0, 0.05) is 23.1 Å². The highest BCUT2D eigenvalue weighted by atomic mass is 32.2. The Labute approximate surface area is 85.3 Å². The summed E-state index contributed by atoms with van der Waals surface area (Å²) in [5, 5.41) is 9.66. The molecule has 0 radical (unpaired) electrons.